The smallest absolute Gasteiger partial charge is 0.387 e. The second-order valence-electron chi connectivity index (χ2n) is 8.61. The Bertz CT molecular complexity index is 1670. The maximum atomic E-state index is 12.8. The number of carbonyl (C=O) groups excluding carboxylic acids is 1. The Morgan fingerprint density at radius 1 is 0.929 bits per heavy atom. The Labute approximate surface area is 249 Å². The van der Waals surface area contributed by atoms with Gasteiger partial charge >= 0.3 is 6.61 Å². The van der Waals surface area contributed by atoms with Gasteiger partial charge in [0.15, 0.2) is 11.0 Å². The molecule has 5 aromatic rings. The largest absolute Gasteiger partial charge is 0.496 e. The molecule has 0 fully saturated rings. The van der Waals surface area contributed by atoms with E-state index in [9.17, 15) is 13.6 Å². The van der Waals surface area contributed by atoms with Crippen molar-refractivity contribution in [1.82, 2.24) is 14.8 Å². The Morgan fingerprint density at radius 2 is 1.64 bits per heavy atom. The summed E-state index contributed by atoms with van der Waals surface area (Å²) in [6, 6.07) is 27.8. The minimum atomic E-state index is -3.03. The standard InChI is InChI=1S/C30H23ClF2N4O4S/c1-39-25-16-11-19(31)17-23(25)28-35-36-30(42-18-27(38)34-24-9-5-6-10-26(24)41-29(32)33)37(28)20-12-14-22(15-13-20)40-21-7-3-2-4-8-21/h2-17,29H,18H2,1H3,(H,34,38). The second-order valence-corrected chi connectivity index (χ2v) is 9.99. The van der Waals surface area contributed by atoms with Gasteiger partial charge in [-0.2, -0.15) is 8.78 Å². The van der Waals surface area contributed by atoms with E-state index in [-0.39, 0.29) is 17.2 Å². The number of nitrogens with one attached hydrogen (secondary N) is 1. The highest BCUT2D eigenvalue weighted by Gasteiger charge is 2.21. The predicted molar refractivity (Wildman–Crippen MR) is 157 cm³/mol. The van der Waals surface area contributed by atoms with Crippen LogP contribution in [0.2, 0.25) is 5.02 Å². The van der Waals surface area contributed by atoms with Crippen molar-refractivity contribution >= 4 is 35.0 Å². The van der Waals surface area contributed by atoms with Gasteiger partial charge in [0.05, 0.1) is 29.8 Å². The van der Waals surface area contributed by atoms with Crippen LogP contribution in [0, 0.1) is 0 Å². The first-order chi connectivity index (χ1) is 20.4. The van der Waals surface area contributed by atoms with Gasteiger partial charge in [-0.25, -0.2) is 0 Å². The van der Waals surface area contributed by atoms with Gasteiger partial charge in [0.25, 0.3) is 0 Å². The number of thioether (sulfide) groups is 1. The molecule has 0 saturated heterocycles. The number of benzene rings is 4. The van der Waals surface area contributed by atoms with Crippen LogP contribution in [0.3, 0.4) is 0 Å². The molecule has 0 radical (unpaired) electrons. The summed E-state index contributed by atoms with van der Waals surface area (Å²) in [7, 11) is 1.54. The molecular formula is C30H23ClF2N4O4S. The molecule has 0 aliphatic rings. The molecule has 42 heavy (non-hydrogen) atoms. The Balaban J connectivity index is 1.43. The first kappa shape index (κ1) is 28.9. The normalized spacial score (nSPS) is 10.9. The number of aromatic nitrogens is 3. The van der Waals surface area contributed by atoms with Crippen molar-refractivity contribution in [3.63, 3.8) is 0 Å². The van der Waals surface area contributed by atoms with Crippen molar-refractivity contribution in [2.24, 2.45) is 0 Å². The van der Waals surface area contributed by atoms with Crippen molar-refractivity contribution in [2.45, 2.75) is 11.8 Å². The lowest BCUT2D eigenvalue weighted by Gasteiger charge is -2.14. The summed E-state index contributed by atoms with van der Waals surface area (Å²) in [5, 5.41) is 12.2. The van der Waals surface area contributed by atoms with Crippen LogP contribution in [0.4, 0.5) is 14.5 Å². The number of para-hydroxylation sites is 3. The lowest BCUT2D eigenvalue weighted by molar-refractivity contribution is -0.113. The summed E-state index contributed by atoms with van der Waals surface area (Å²) in [4.78, 5) is 12.8. The molecule has 5 rings (SSSR count). The fourth-order valence-corrected chi connectivity index (χ4v) is 4.92. The first-order valence-corrected chi connectivity index (χ1v) is 13.9. The summed E-state index contributed by atoms with van der Waals surface area (Å²) in [5.74, 6) is 1.60. The summed E-state index contributed by atoms with van der Waals surface area (Å²) < 4.78 is 43.3. The molecule has 8 nitrogen and oxygen atoms in total. The molecule has 214 valence electrons. The summed E-state index contributed by atoms with van der Waals surface area (Å²) in [5.41, 5.74) is 1.41. The zero-order valence-corrected chi connectivity index (χ0v) is 23.6. The molecule has 0 spiro atoms. The molecule has 0 unspecified atom stereocenters. The van der Waals surface area contributed by atoms with Gasteiger partial charge in [0.1, 0.15) is 23.0 Å². The number of hydrogen-bond acceptors (Lipinski definition) is 7. The Kier molecular flexibility index (Phi) is 9.20. The van der Waals surface area contributed by atoms with Crippen molar-refractivity contribution < 1.29 is 27.8 Å². The second kappa shape index (κ2) is 13.4. The van der Waals surface area contributed by atoms with Crippen LogP contribution in [-0.4, -0.2) is 40.1 Å². The number of rotatable bonds is 11. The maximum Gasteiger partial charge on any atom is 0.387 e. The van der Waals surface area contributed by atoms with E-state index >= 15 is 0 Å². The van der Waals surface area contributed by atoms with E-state index < -0.39 is 12.5 Å². The number of nitrogens with zero attached hydrogens (tertiary/aromatic N) is 3. The Morgan fingerprint density at radius 3 is 2.38 bits per heavy atom. The topological polar surface area (TPSA) is 87.5 Å². The first-order valence-electron chi connectivity index (χ1n) is 12.5. The fourth-order valence-electron chi connectivity index (χ4n) is 4.00. The lowest BCUT2D eigenvalue weighted by Crippen LogP contribution is -2.16. The van der Waals surface area contributed by atoms with E-state index in [4.69, 9.17) is 21.1 Å². The summed E-state index contributed by atoms with van der Waals surface area (Å²) >= 11 is 7.42. The third-order valence-electron chi connectivity index (χ3n) is 5.82. The lowest BCUT2D eigenvalue weighted by atomic mass is 10.2. The van der Waals surface area contributed by atoms with E-state index in [2.05, 4.69) is 20.3 Å². The number of carbonyl (C=O) groups is 1. The van der Waals surface area contributed by atoms with Crippen molar-refractivity contribution in [3.05, 3.63) is 102 Å². The van der Waals surface area contributed by atoms with Crippen LogP contribution < -0.4 is 19.5 Å². The van der Waals surface area contributed by atoms with Gasteiger partial charge in [-0.05, 0) is 66.7 Å². The zero-order valence-electron chi connectivity index (χ0n) is 22.0. The Hall–Kier alpha value is -4.61. The average molecular weight is 609 g/mol. The summed E-state index contributed by atoms with van der Waals surface area (Å²) in [6.45, 7) is -3.03. The molecule has 0 bridgehead atoms. The van der Waals surface area contributed by atoms with Crippen LogP contribution in [0.15, 0.2) is 102 Å². The molecule has 4 aromatic carbocycles. The average Bonchev–Trinajstić information content (AvgIpc) is 3.41. The SMILES string of the molecule is COc1ccc(Cl)cc1-c1nnc(SCC(=O)Nc2ccccc2OC(F)F)n1-c1ccc(Oc2ccccc2)cc1. The highest BCUT2D eigenvalue weighted by molar-refractivity contribution is 7.99. The van der Waals surface area contributed by atoms with Crippen LogP contribution in [0.25, 0.3) is 17.1 Å². The van der Waals surface area contributed by atoms with E-state index in [0.29, 0.717) is 44.5 Å². The zero-order chi connectivity index (χ0) is 29.5. The van der Waals surface area contributed by atoms with E-state index in [0.717, 1.165) is 11.8 Å². The molecule has 1 amide bonds. The van der Waals surface area contributed by atoms with Crippen molar-refractivity contribution in [2.75, 3.05) is 18.2 Å². The van der Waals surface area contributed by atoms with Gasteiger partial charge < -0.3 is 19.5 Å². The number of amides is 1. The highest BCUT2D eigenvalue weighted by atomic mass is 35.5. The molecule has 1 heterocycles. The van der Waals surface area contributed by atoms with Gasteiger partial charge in [-0.15, -0.1) is 10.2 Å². The van der Waals surface area contributed by atoms with Gasteiger partial charge in [0.2, 0.25) is 5.91 Å². The predicted octanol–water partition coefficient (Wildman–Crippen LogP) is 7.72. The van der Waals surface area contributed by atoms with E-state index in [1.54, 1.807) is 35.9 Å². The highest BCUT2D eigenvalue weighted by Crippen LogP contribution is 2.36. The van der Waals surface area contributed by atoms with Gasteiger partial charge in [-0.1, -0.05) is 53.7 Å². The molecule has 0 aliphatic heterocycles. The van der Waals surface area contributed by atoms with Gasteiger partial charge in [0, 0.05) is 5.02 Å². The number of halogens is 3. The minimum Gasteiger partial charge on any atom is -0.496 e. The van der Waals surface area contributed by atoms with Gasteiger partial charge in [-0.3, -0.25) is 9.36 Å². The van der Waals surface area contributed by atoms with Crippen LogP contribution in [0.1, 0.15) is 0 Å². The third kappa shape index (κ3) is 6.99. The van der Waals surface area contributed by atoms with Crippen LogP contribution in [0.5, 0.6) is 23.0 Å². The summed E-state index contributed by atoms with van der Waals surface area (Å²) in [6.07, 6.45) is 0. The minimum absolute atomic E-state index is 0.0942. The number of anilines is 1. The van der Waals surface area contributed by atoms with Crippen LogP contribution in [-0.2, 0) is 4.79 Å². The van der Waals surface area contributed by atoms with Crippen molar-refractivity contribution in [1.29, 1.82) is 0 Å². The van der Waals surface area contributed by atoms with E-state index in [1.165, 1.54) is 18.2 Å². The fraction of sp³-hybridized carbons (Fsp3) is 0.100. The van der Waals surface area contributed by atoms with E-state index in [1.807, 2.05) is 54.6 Å². The molecule has 1 aromatic heterocycles. The number of hydrogen-bond donors (Lipinski definition) is 1. The quantitative estimate of drug-likeness (QED) is 0.154. The molecule has 12 heteroatoms. The molecule has 0 atom stereocenters. The van der Waals surface area contributed by atoms with Crippen molar-refractivity contribution in [3.8, 4) is 40.1 Å². The third-order valence-corrected chi connectivity index (χ3v) is 6.98. The molecule has 1 N–H and O–H groups in total. The maximum absolute atomic E-state index is 12.8. The molecular weight excluding hydrogens is 586 g/mol. The molecule has 0 aliphatic carbocycles. The molecule has 0 saturated carbocycles. The number of ether oxygens (including phenoxy) is 3. The number of alkyl halides is 2. The van der Waals surface area contributed by atoms with Crippen LogP contribution >= 0.6 is 23.4 Å². The monoisotopic (exact) mass is 608 g/mol. The number of methoxy groups -OCH3 is 1.